The van der Waals surface area contributed by atoms with Gasteiger partial charge in [-0.15, -0.1) is 10.2 Å². The minimum Gasteiger partial charge on any atom is -0.322 e. The number of amides is 2. The number of fused-ring (bicyclic) bond motifs is 1. The highest BCUT2D eigenvalue weighted by atomic mass is 32.2. The molecule has 0 atom stereocenters. The highest BCUT2D eigenvalue weighted by molar-refractivity contribution is 7.91. The van der Waals surface area contributed by atoms with Gasteiger partial charge in [0.1, 0.15) is 12.4 Å². The molecule has 2 amide bonds. The molecular formula is C15H21N7O3S. The highest BCUT2D eigenvalue weighted by Gasteiger charge is 2.37. The Kier molecular flexibility index (Phi) is 4.17. The van der Waals surface area contributed by atoms with E-state index in [1.165, 1.54) is 11.2 Å². The number of carbonyl (C=O) groups excluding carboxylic acids is 1. The van der Waals surface area contributed by atoms with Crippen LogP contribution in [0.25, 0.3) is 0 Å². The van der Waals surface area contributed by atoms with Gasteiger partial charge in [-0.3, -0.25) is 4.68 Å². The van der Waals surface area contributed by atoms with Crippen LogP contribution in [-0.2, 0) is 29.3 Å². The lowest BCUT2D eigenvalue weighted by Gasteiger charge is -2.37. The van der Waals surface area contributed by atoms with Crippen LogP contribution in [0.15, 0.2) is 12.4 Å². The third-order valence-electron chi connectivity index (χ3n) is 4.86. The fraction of sp³-hybridized carbons (Fsp3) is 0.600. The first kappa shape index (κ1) is 17.0. The summed E-state index contributed by atoms with van der Waals surface area (Å²) in [6, 6.07) is -0.315. The molecule has 0 radical (unpaired) electrons. The summed E-state index contributed by atoms with van der Waals surface area (Å²) < 4.78 is 26.7. The number of hydrogen-bond donors (Lipinski definition) is 1. The van der Waals surface area contributed by atoms with Gasteiger partial charge in [0.25, 0.3) is 0 Å². The summed E-state index contributed by atoms with van der Waals surface area (Å²) in [7, 11) is -3.09. The van der Waals surface area contributed by atoms with Gasteiger partial charge in [0.05, 0.1) is 17.1 Å². The van der Waals surface area contributed by atoms with Crippen LogP contribution in [0, 0.1) is 0 Å². The van der Waals surface area contributed by atoms with E-state index in [2.05, 4.69) is 25.2 Å². The number of rotatable bonds is 4. The molecule has 10 nitrogen and oxygen atoms in total. The zero-order valence-electron chi connectivity index (χ0n) is 14.5. The third-order valence-corrected chi connectivity index (χ3v) is 6.37. The maximum atomic E-state index is 12.1. The van der Waals surface area contributed by atoms with Crippen molar-refractivity contribution in [2.24, 2.45) is 0 Å². The molecule has 26 heavy (non-hydrogen) atoms. The van der Waals surface area contributed by atoms with E-state index in [1.807, 2.05) is 0 Å². The van der Waals surface area contributed by atoms with E-state index in [4.69, 9.17) is 0 Å². The Bertz CT molecular complexity index is 927. The van der Waals surface area contributed by atoms with Gasteiger partial charge in [0, 0.05) is 38.5 Å². The van der Waals surface area contributed by atoms with Crippen LogP contribution in [0.3, 0.4) is 0 Å². The number of nitrogens with zero attached hydrogens (tertiary/aromatic N) is 6. The van der Waals surface area contributed by atoms with Crippen molar-refractivity contribution in [1.29, 1.82) is 0 Å². The first-order chi connectivity index (χ1) is 12.4. The van der Waals surface area contributed by atoms with Crippen molar-refractivity contribution in [3.05, 3.63) is 24.0 Å². The van der Waals surface area contributed by atoms with Gasteiger partial charge in [0.15, 0.2) is 15.7 Å². The Hall–Kier alpha value is -2.43. The average molecular weight is 379 g/mol. The SMILES string of the molecule is CS(=O)(=O)C1CN(C(=O)Nc2cnn(Cc3nnc4n3CCCC4)c2)C1. The second kappa shape index (κ2) is 6.38. The molecule has 0 saturated carbocycles. The van der Waals surface area contributed by atoms with Crippen LogP contribution in [0.2, 0.25) is 0 Å². The van der Waals surface area contributed by atoms with E-state index in [0.29, 0.717) is 12.2 Å². The minimum absolute atomic E-state index is 0.227. The number of urea groups is 1. The molecule has 140 valence electrons. The number of nitrogens with one attached hydrogen (secondary N) is 1. The van der Waals surface area contributed by atoms with Crippen molar-refractivity contribution in [2.45, 2.75) is 37.6 Å². The maximum absolute atomic E-state index is 12.1. The summed E-state index contributed by atoms with van der Waals surface area (Å²) in [6.45, 7) is 1.87. The number of carbonyl (C=O) groups is 1. The molecule has 11 heteroatoms. The number of aryl methyl sites for hydroxylation is 1. The maximum Gasteiger partial charge on any atom is 0.322 e. The van der Waals surface area contributed by atoms with Gasteiger partial charge in [0.2, 0.25) is 0 Å². The van der Waals surface area contributed by atoms with Crippen LogP contribution < -0.4 is 5.32 Å². The summed E-state index contributed by atoms with van der Waals surface area (Å²) in [5, 5.41) is 15.0. The molecule has 2 aromatic rings. The Labute approximate surface area is 151 Å². The van der Waals surface area contributed by atoms with E-state index in [0.717, 1.165) is 37.5 Å². The van der Waals surface area contributed by atoms with Gasteiger partial charge in [-0.2, -0.15) is 5.10 Å². The predicted octanol–water partition coefficient (Wildman–Crippen LogP) is 0.120. The lowest BCUT2D eigenvalue weighted by atomic mass is 10.2. The molecule has 1 saturated heterocycles. The number of hydrogen-bond acceptors (Lipinski definition) is 6. The largest absolute Gasteiger partial charge is 0.322 e. The number of likely N-dealkylation sites (tertiary alicyclic amines) is 1. The lowest BCUT2D eigenvalue weighted by molar-refractivity contribution is 0.183. The molecule has 1 N–H and O–H groups in total. The molecule has 0 aliphatic carbocycles. The van der Waals surface area contributed by atoms with Gasteiger partial charge in [-0.25, -0.2) is 13.2 Å². The third kappa shape index (κ3) is 3.30. The Morgan fingerprint density at radius 3 is 2.88 bits per heavy atom. The second-order valence-electron chi connectivity index (χ2n) is 6.85. The van der Waals surface area contributed by atoms with E-state index in [1.54, 1.807) is 17.1 Å². The monoisotopic (exact) mass is 379 g/mol. The fourth-order valence-corrected chi connectivity index (χ4v) is 4.12. The Balaban J connectivity index is 1.35. The van der Waals surface area contributed by atoms with Crippen molar-refractivity contribution in [1.82, 2.24) is 29.4 Å². The zero-order chi connectivity index (χ0) is 18.3. The topological polar surface area (TPSA) is 115 Å². The molecule has 4 heterocycles. The summed E-state index contributed by atoms with van der Waals surface area (Å²) in [6.07, 6.45) is 7.73. The van der Waals surface area contributed by atoms with Crippen LogP contribution in [0.4, 0.5) is 10.5 Å². The van der Waals surface area contributed by atoms with E-state index in [9.17, 15) is 13.2 Å². The average Bonchev–Trinajstić information content (AvgIpc) is 3.12. The lowest BCUT2D eigenvalue weighted by Crippen LogP contribution is -2.57. The van der Waals surface area contributed by atoms with Crippen LogP contribution in [-0.4, -0.2) is 68.5 Å². The molecule has 4 rings (SSSR count). The minimum atomic E-state index is -3.09. The summed E-state index contributed by atoms with van der Waals surface area (Å²) in [5.74, 6) is 1.88. The first-order valence-corrected chi connectivity index (χ1v) is 10.5. The van der Waals surface area contributed by atoms with Crippen molar-refractivity contribution in [3.8, 4) is 0 Å². The molecule has 2 aliphatic rings. The van der Waals surface area contributed by atoms with Crippen LogP contribution in [0.5, 0.6) is 0 Å². The fourth-order valence-electron chi connectivity index (χ4n) is 3.22. The van der Waals surface area contributed by atoms with Crippen molar-refractivity contribution in [3.63, 3.8) is 0 Å². The molecule has 1 fully saturated rings. The summed E-state index contributed by atoms with van der Waals surface area (Å²) >= 11 is 0. The molecule has 0 bridgehead atoms. The van der Waals surface area contributed by atoms with Crippen molar-refractivity contribution < 1.29 is 13.2 Å². The molecular weight excluding hydrogens is 358 g/mol. The van der Waals surface area contributed by atoms with Crippen LogP contribution in [0.1, 0.15) is 24.5 Å². The highest BCUT2D eigenvalue weighted by Crippen LogP contribution is 2.18. The van der Waals surface area contributed by atoms with Crippen LogP contribution >= 0.6 is 0 Å². The van der Waals surface area contributed by atoms with Gasteiger partial charge >= 0.3 is 6.03 Å². The molecule has 2 aliphatic heterocycles. The van der Waals surface area contributed by atoms with Gasteiger partial charge < -0.3 is 14.8 Å². The number of sulfone groups is 1. The number of anilines is 1. The zero-order valence-corrected chi connectivity index (χ0v) is 15.3. The molecule has 2 aromatic heterocycles. The quantitative estimate of drug-likeness (QED) is 0.807. The standard InChI is InChI=1S/C15H21N7O3S/c1-26(24,25)12-8-20(9-12)15(23)17-11-6-16-21(7-11)10-14-19-18-13-4-2-3-5-22(13)14/h6-7,12H,2-5,8-10H2,1H3,(H,17,23). The van der Waals surface area contributed by atoms with E-state index < -0.39 is 15.1 Å². The van der Waals surface area contributed by atoms with Crippen molar-refractivity contribution >= 4 is 21.6 Å². The smallest absolute Gasteiger partial charge is 0.322 e. The van der Waals surface area contributed by atoms with Gasteiger partial charge in [-0.1, -0.05) is 0 Å². The summed E-state index contributed by atoms with van der Waals surface area (Å²) in [5.41, 5.74) is 0.566. The molecule has 0 unspecified atom stereocenters. The number of aromatic nitrogens is 5. The van der Waals surface area contributed by atoms with E-state index >= 15 is 0 Å². The van der Waals surface area contributed by atoms with Crippen molar-refractivity contribution in [2.75, 3.05) is 24.7 Å². The summed E-state index contributed by atoms with van der Waals surface area (Å²) in [4.78, 5) is 13.6. The second-order valence-corrected chi connectivity index (χ2v) is 9.18. The van der Waals surface area contributed by atoms with E-state index in [-0.39, 0.29) is 19.1 Å². The predicted molar refractivity (Wildman–Crippen MR) is 93.5 cm³/mol. The Morgan fingerprint density at radius 2 is 2.12 bits per heavy atom. The molecule has 0 spiro atoms. The first-order valence-electron chi connectivity index (χ1n) is 8.58. The molecule has 0 aromatic carbocycles. The Morgan fingerprint density at radius 1 is 1.31 bits per heavy atom. The van der Waals surface area contributed by atoms with Gasteiger partial charge in [-0.05, 0) is 12.8 Å². The normalized spacial score (nSPS) is 17.7.